The smallest absolute Gasteiger partial charge is 0.195 e. The Balaban J connectivity index is 1.34. The molecule has 1 aromatic heterocycles. The van der Waals surface area contributed by atoms with Crippen LogP contribution in [-0.2, 0) is 6.54 Å². The third-order valence-electron chi connectivity index (χ3n) is 7.20. The van der Waals surface area contributed by atoms with Crippen LogP contribution in [0.3, 0.4) is 0 Å². The Morgan fingerprint density at radius 2 is 1.63 bits per heavy atom. The summed E-state index contributed by atoms with van der Waals surface area (Å²) in [5.41, 5.74) is 2.39. The number of carbonyl (C=O) groups is 1. The maximum Gasteiger partial charge on any atom is 0.195 e. The van der Waals surface area contributed by atoms with Gasteiger partial charge in [-0.2, -0.15) is 0 Å². The quantitative estimate of drug-likeness (QED) is 0.130. The summed E-state index contributed by atoms with van der Waals surface area (Å²) in [6.45, 7) is 9.08. The van der Waals surface area contributed by atoms with E-state index < -0.39 is 0 Å². The fourth-order valence-electron chi connectivity index (χ4n) is 4.77. The van der Waals surface area contributed by atoms with E-state index in [-0.39, 0.29) is 5.78 Å². The third-order valence-corrected chi connectivity index (χ3v) is 7.45. The third kappa shape index (κ3) is 6.40. The highest BCUT2D eigenvalue weighted by atomic mass is 35.5. The average molecular weight is 531 g/mol. The highest BCUT2D eigenvalue weighted by Crippen LogP contribution is 2.35. The first-order valence-electron chi connectivity index (χ1n) is 13.6. The van der Waals surface area contributed by atoms with Gasteiger partial charge in [-0.3, -0.25) is 4.79 Å². The van der Waals surface area contributed by atoms with E-state index in [0.29, 0.717) is 40.2 Å². The number of hydrogen-bond acceptors (Lipinski definition) is 4. The minimum atomic E-state index is 0.00118. The molecule has 1 aliphatic rings. The van der Waals surface area contributed by atoms with Crippen molar-refractivity contribution in [3.63, 3.8) is 0 Å². The zero-order valence-electron chi connectivity index (χ0n) is 22.2. The van der Waals surface area contributed by atoms with Gasteiger partial charge in [-0.15, -0.1) is 0 Å². The first-order chi connectivity index (χ1) is 18.5. The molecule has 0 radical (unpaired) electrons. The molecular formula is C32H35ClN2O3. The number of aromatic nitrogens is 1. The topological polar surface area (TPSA) is 43.7 Å². The van der Waals surface area contributed by atoms with Crippen molar-refractivity contribution in [3.05, 3.63) is 89.1 Å². The Morgan fingerprint density at radius 3 is 2.32 bits per heavy atom. The van der Waals surface area contributed by atoms with E-state index >= 15 is 0 Å². The van der Waals surface area contributed by atoms with Crippen molar-refractivity contribution >= 4 is 28.3 Å². The molecular weight excluding hydrogens is 496 g/mol. The molecule has 1 fully saturated rings. The highest BCUT2D eigenvalue weighted by Gasteiger charge is 2.24. The second-order valence-electron chi connectivity index (χ2n) is 9.96. The SMILES string of the molecule is CCN(CC)CCCOc1ccc(C(=O)c2cn(CC3CC3)c3ccc(Oc4ccc(Cl)cc4)cc23)cc1. The van der Waals surface area contributed by atoms with E-state index in [0.717, 1.165) is 49.3 Å². The van der Waals surface area contributed by atoms with Crippen LogP contribution in [0.5, 0.6) is 17.2 Å². The molecule has 0 saturated heterocycles. The molecule has 1 heterocycles. The standard InChI is InChI=1S/C32H35ClN2O3/c1-3-34(4-2)18-5-19-37-26-12-8-24(9-13-26)32(36)30-22-35(21-23-6-7-23)31-17-16-28(20-29(30)31)38-27-14-10-25(33)11-15-27/h8-17,20,22-23H,3-7,18-19,21H2,1-2H3. The number of benzene rings is 3. The molecule has 38 heavy (non-hydrogen) atoms. The first-order valence-corrected chi connectivity index (χ1v) is 14.0. The molecule has 4 aromatic rings. The van der Waals surface area contributed by atoms with Crippen LogP contribution < -0.4 is 9.47 Å². The van der Waals surface area contributed by atoms with Crippen molar-refractivity contribution < 1.29 is 14.3 Å². The van der Waals surface area contributed by atoms with Gasteiger partial charge < -0.3 is 18.9 Å². The number of hydrogen-bond donors (Lipinski definition) is 0. The molecule has 6 heteroatoms. The van der Waals surface area contributed by atoms with Gasteiger partial charge in [0.2, 0.25) is 0 Å². The number of rotatable bonds is 13. The van der Waals surface area contributed by atoms with E-state index in [4.69, 9.17) is 21.1 Å². The van der Waals surface area contributed by atoms with Crippen molar-refractivity contribution in [2.75, 3.05) is 26.2 Å². The molecule has 0 bridgehead atoms. The molecule has 0 aliphatic heterocycles. The molecule has 3 aromatic carbocycles. The van der Waals surface area contributed by atoms with Crippen LogP contribution in [0.2, 0.25) is 5.02 Å². The van der Waals surface area contributed by atoms with Gasteiger partial charge in [0.05, 0.1) is 6.61 Å². The Bertz CT molecular complexity index is 1370. The predicted molar refractivity (Wildman–Crippen MR) is 154 cm³/mol. The van der Waals surface area contributed by atoms with Crippen molar-refractivity contribution in [2.45, 2.75) is 39.7 Å². The molecule has 5 rings (SSSR count). The van der Waals surface area contributed by atoms with Crippen LogP contribution in [-0.4, -0.2) is 41.5 Å². The summed E-state index contributed by atoms with van der Waals surface area (Å²) in [6.07, 6.45) is 5.48. The summed E-state index contributed by atoms with van der Waals surface area (Å²) in [5.74, 6) is 2.87. The minimum absolute atomic E-state index is 0.00118. The Labute approximate surface area is 229 Å². The molecule has 0 atom stereocenters. The predicted octanol–water partition coefficient (Wildman–Crippen LogP) is 7.84. The maximum atomic E-state index is 13.7. The van der Waals surface area contributed by atoms with Gasteiger partial charge >= 0.3 is 0 Å². The van der Waals surface area contributed by atoms with Gasteiger partial charge in [-0.05, 0) is 105 Å². The molecule has 5 nitrogen and oxygen atoms in total. The lowest BCUT2D eigenvalue weighted by molar-refractivity contribution is 0.104. The van der Waals surface area contributed by atoms with E-state index in [1.165, 1.54) is 12.8 Å². The van der Waals surface area contributed by atoms with Crippen molar-refractivity contribution in [2.24, 2.45) is 5.92 Å². The second kappa shape index (κ2) is 12.1. The average Bonchev–Trinajstić information content (AvgIpc) is 3.69. The fraction of sp³-hybridized carbons (Fsp3) is 0.344. The molecule has 0 spiro atoms. The normalized spacial score (nSPS) is 13.3. The van der Waals surface area contributed by atoms with Crippen molar-refractivity contribution in [3.8, 4) is 17.2 Å². The summed E-state index contributed by atoms with van der Waals surface area (Å²) in [7, 11) is 0. The molecule has 0 amide bonds. The number of carbonyl (C=O) groups excluding carboxylic acids is 1. The van der Waals surface area contributed by atoms with Crippen molar-refractivity contribution in [1.82, 2.24) is 9.47 Å². The van der Waals surface area contributed by atoms with Gasteiger partial charge in [0.1, 0.15) is 17.2 Å². The summed E-state index contributed by atoms with van der Waals surface area (Å²) in [6, 6.07) is 20.8. The summed E-state index contributed by atoms with van der Waals surface area (Å²) < 4.78 is 14.2. The molecule has 0 unspecified atom stereocenters. The number of fused-ring (bicyclic) bond motifs is 1. The first kappa shape index (κ1) is 26.3. The van der Waals surface area contributed by atoms with E-state index in [9.17, 15) is 4.79 Å². The van der Waals surface area contributed by atoms with Crippen LogP contribution in [0.4, 0.5) is 0 Å². The second-order valence-corrected chi connectivity index (χ2v) is 10.4. The highest BCUT2D eigenvalue weighted by molar-refractivity contribution is 6.30. The Morgan fingerprint density at radius 1 is 0.947 bits per heavy atom. The number of halogens is 1. The number of ketones is 1. The van der Waals surface area contributed by atoms with Crippen LogP contribution in [0.1, 0.15) is 49.0 Å². The Hall–Kier alpha value is -3.28. The number of ether oxygens (including phenoxy) is 2. The fourth-order valence-corrected chi connectivity index (χ4v) is 4.89. The van der Waals surface area contributed by atoms with Gasteiger partial charge in [-0.25, -0.2) is 0 Å². The van der Waals surface area contributed by atoms with Crippen LogP contribution in [0.25, 0.3) is 10.9 Å². The largest absolute Gasteiger partial charge is 0.494 e. The van der Waals surface area contributed by atoms with Gasteiger partial charge in [0.15, 0.2) is 5.78 Å². The van der Waals surface area contributed by atoms with E-state index in [1.54, 1.807) is 12.1 Å². The lowest BCUT2D eigenvalue weighted by Gasteiger charge is -2.17. The molecule has 0 N–H and O–H groups in total. The maximum absolute atomic E-state index is 13.7. The monoisotopic (exact) mass is 530 g/mol. The summed E-state index contributed by atoms with van der Waals surface area (Å²) in [4.78, 5) is 16.1. The van der Waals surface area contributed by atoms with Crippen LogP contribution in [0.15, 0.2) is 72.9 Å². The van der Waals surface area contributed by atoms with Gasteiger partial charge in [-0.1, -0.05) is 25.4 Å². The van der Waals surface area contributed by atoms with Gasteiger partial charge in [0, 0.05) is 46.3 Å². The molecule has 198 valence electrons. The summed E-state index contributed by atoms with van der Waals surface area (Å²) in [5, 5.41) is 1.56. The lowest BCUT2D eigenvalue weighted by Crippen LogP contribution is -2.25. The van der Waals surface area contributed by atoms with Crippen molar-refractivity contribution in [1.29, 1.82) is 0 Å². The Kier molecular flexibility index (Phi) is 8.35. The zero-order valence-corrected chi connectivity index (χ0v) is 22.9. The van der Waals surface area contributed by atoms with E-state index in [1.807, 2.05) is 54.7 Å². The summed E-state index contributed by atoms with van der Waals surface area (Å²) >= 11 is 6.01. The molecule has 1 aliphatic carbocycles. The van der Waals surface area contributed by atoms with Crippen LogP contribution in [0, 0.1) is 5.92 Å². The number of nitrogens with zero attached hydrogens (tertiary/aromatic N) is 2. The minimum Gasteiger partial charge on any atom is -0.494 e. The van der Waals surface area contributed by atoms with Gasteiger partial charge in [0.25, 0.3) is 0 Å². The van der Waals surface area contributed by atoms with E-state index in [2.05, 4.69) is 29.4 Å². The zero-order chi connectivity index (χ0) is 26.5. The molecule has 1 saturated carbocycles. The lowest BCUT2D eigenvalue weighted by atomic mass is 10.0. The van der Waals surface area contributed by atoms with Crippen LogP contribution >= 0.6 is 11.6 Å².